The van der Waals surface area contributed by atoms with E-state index in [1.807, 2.05) is 32.9 Å². The molecule has 2 rings (SSSR count). The van der Waals surface area contributed by atoms with Gasteiger partial charge in [0.2, 0.25) is 0 Å². The van der Waals surface area contributed by atoms with E-state index in [0.29, 0.717) is 11.3 Å². The van der Waals surface area contributed by atoms with Gasteiger partial charge in [0.05, 0.1) is 22.6 Å². The van der Waals surface area contributed by atoms with Crippen LogP contribution in [0.1, 0.15) is 34.2 Å². The number of ether oxygens (including phenoxy) is 1. The van der Waals surface area contributed by atoms with Crippen LogP contribution >= 0.6 is 0 Å². The molecule has 1 amide bonds. The molecule has 0 saturated carbocycles. The second-order valence-electron chi connectivity index (χ2n) is 5.57. The average molecular weight is 315 g/mol. The Kier molecular flexibility index (Phi) is 4.83. The van der Waals surface area contributed by atoms with Crippen LogP contribution in [0.2, 0.25) is 0 Å². The second kappa shape index (κ2) is 6.64. The van der Waals surface area contributed by atoms with E-state index < -0.39 is 12.1 Å². The van der Waals surface area contributed by atoms with Crippen molar-refractivity contribution in [3.05, 3.63) is 46.8 Å². The Morgan fingerprint density at radius 2 is 1.78 bits per heavy atom. The molecule has 1 heterocycles. The number of nitrogens with one attached hydrogen (secondary N) is 1. The van der Waals surface area contributed by atoms with Crippen LogP contribution in [0, 0.1) is 20.8 Å². The molecule has 6 nitrogen and oxygen atoms in total. The highest BCUT2D eigenvalue weighted by Crippen LogP contribution is 2.19. The van der Waals surface area contributed by atoms with Gasteiger partial charge in [-0.15, -0.1) is 0 Å². The van der Waals surface area contributed by atoms with Crippen molar-refractivity contribution in [3.8, 4) is 0 Å². The van der Waals surface area contributed by atoms with Gasteiger partial charge in [-0.1, -0.05) is 17.7 Å². The predicted octanol–water partition coefficient (Wildman–Crippen LogP) is 2.53. The van der Waals surface area contributed by atoms with Gasteiger partial charge in [0.15, 0.2) is 6.10 Å². The summed E-state index contributed by atoms with van der Waals surface area (Å²) >= 11 is 0. The first-order chi connectivity index (χ1) is 10.8. The molecule has 23 heavy (non-hydrogen) atoms. The SMILES string of the molecule is Cc1ccc(C(=O)O[C@@H](C)C(=O)Nc2c(C)nn(C)c2C)cc1. The van der Waals surface area contributed by atoms with Gasteiger partial charge in [-0.25, -0.2) is 4.79 Å². The van der Waals surface area contributed by atoms with Crippen molar-refractivity contribution in [2.45, 2.75) is 33.8 Å². The van der Waals surface area contributed by atoms with Crippen molar-refractivity contribution in [1.82, 2.24) is 9.78 Å². The lowest BCUT2D eigenvalue weighted by Crippen LogP contribution is -2.30. The van der Waals surface area contributed by atoms with Crippen molar-refractivity contribution in [2.75, 3.05) is 5.32 Å². The van der Waals surface area contributed by atoms with Crippen LogP contribution in [0.15, 0.2) is 24.3 Å². The van der Waals surface area contributed by atoms with Crippen LogP contribution in [0.3, 0.4) is 0 Å². The molecule has 2 aromatic rings. The Balaban J connectivity index is 2.02. The summed E-state index contributed by atoms with van der Waals surface area (Å²) in [7, 11) is 1.80. The lowest BCUT2D eigenvalue weighted by atomic mass is 10.1. The number of aryl methyl sites for hydroxylation is 3. The molecule has 1 aromatic carbocycles. The summed E-state index contributed by atoms with van der Waals surface area (Å²) in [6, 6.07) is 7.00. The maximum atomic E-state index is 12.2. The normalized spacial score (nSPS) is 11.9. The molecule has 0 aliphatic heterocycles. The molecule has 1 atom stereocenters. The maximum Gasteiger partial charge on any atom is 0.338 e. The fourth-order valence-corrected chi connectivity index (χ4v) is 2.15. The van der Waals surface area contributed by atoms with E-state index in [1.165, 1.54) is 0 Å². The number of hydrogen-bond acceptors (Lipinski definition) is 4. The van der Waals surface area contributed by atoms with Crippen LogP contribution in [0.5, 0.6) is 0 Å². The maximum absolute atomic E-state index is 12.2. The molecular formula is C17H21N3O3. The van der Waals surface area contributed by atoms with Gasteiger partial charge in [-0.3, -0.25) is 9.48 Å². The van der Waals surface area contributed by atoms with E-state index in [9.17, 15) is 9.59 Å². The second-order valence-corrected chi connectivity index (χ2v) is 5.57. The number of amides is 1. The third-order valence-electron chi connectivity index (χ3n) is 3.70. The van der Waals surface area contributed by atoms with Crippen molar-refractivity contribution in [1.29, 1.82) is 0 Å². The molecule has 0 saturated heterocycles. The summed E-state index contributed by atoms with van der Waals surface area (Å²) in [4.78, 5) is 24.3. The molecule has 122 valence electrons. The monoisotopic (exact) mass is 315 g/mol. The van der Waals surface area contributed by atoms with E-state index in [1.54, 1.807) is 30.8 Å². The summed E-state index contributed by atoms with van der Waals surface area (Å²) in [5.74, 6) is -0.906. The van der Waals surface area contributed by atoms with Gasteiger partial charge in [0.25, 0.3) is 5.91 Å². The number of aromatic nitrogens is 2. The summed E-state index contributed by atoms with van der Waals surface area (Å²) in [6.07, 6.45) is -0.900. The number of anilines is 1. The number of esters is 1. The smallest absolute Gasteiger partial charge is 0.338 e. The summed E-state index contributed by atoms with van der Waals surface area (Å²) in [5, 5.41) is 7.00. The zero-order chi connectivity index (χ0) is 17.1. The fourth-order valence-electron chi connectivity index (χ4n) is 2.15. The highest BCUT2D eigenvalue weighted by Gasteiger charge is 2.21. The summed E-state index contributed by atoms with van der Waals surface area (Å²) in [6.45, 7) is 7.15. The van der Waals surface area contributed by atoms with Crippen LogP contribution in [-0.4, -0.2) is 27.8 Å². The van der Waals surface area contributed by atoms with Gasteiger partial charge in [-0.2, -0.15) is 5.10 Å². The Morgan fingerprint density at radius 3 is 2.30 bits per heavy atom. The first-order valence-corrected chi connectivity index (χ1v) is 7.38. The van der Waals surface area contributed by atoms with Crippen LogP contribution in [-0.2, 0) is 16.6 Å². The highest BCUT2D eigenvalue weighted by molar-refractivity contribution is 5.98. The molecule has 0 radical (unpaired) electrons. The van der Waals surface area contributed by atoms with Crippen molar-refractivity contribution in [2.24, 2.45) is 7.05 Å². The quantitative estimate of drug-likeness (QED) is 0.880. The van der Waals surface area contributed by atoms with Crippen molar-refractivity contribution in [3.63, 3.8) is 0 Å². The first kappa shape index (κ1) is 16.7. The number of hydrogen-bond donors (Lipinski definition) is 1. The van der Waals surface area contributed by atoms with Crippen molar-refractivity contribution >= 4 is 17.6 Å². The zero-order valence-electron chi connectivity index (χ0n) is 14.0. The molecule has 6 heteroatoms. The molecule has 0 bridgehead atoms. The number of benzene rings is 1. The minimum atomic E-state index is -0.900. The van der Waals surface area contributed by atoms with Gasteiger partial charge in [-0.05, 0) is 39.8 Å². The molecule has 0 fully saturated rings. The predicted molar refractivity (Wildman–Crippen MR) is 87.4 cm³/mol. The fraction of sp³-hybridized carbons (Fsp3) is 0.353. The van der Waals surface area contributed by atoms with Crippen LogP contribution in [0.4, 0.5) is 5.69 Å². The van der Waals surface area contributed by atoms with E-state index in [4.69, 9.17) is 4.74 Å². The number of carbonyl (C=O) groups excluding carboxylic acids is 2. The molecule has 1 aromatic heterocycles. The Morgan fingerprint density at radius 1 is 1.17 bits per heavy atom. The molecule has 0 unspecified atom stereocenters. The van der Waals surface area contributed by atoms with E-state index >= 15 is 0 Å². The number of carbonyl (C=O) groups is 2. The van der Waals surface area contributed by atoms with Gasteiger partial charge in [0.1, 0.15) is 0 Å². The standard InChI is InChI=1S/C17H21N3O3/c1-10-6-8-14(9-7-10)17(22)23-13(4)16(21)18-15-11(2)19-20(5)12(15)3/h6-9,13H,1-5H3,(H,18,21)/t13-/m0/s1. The molecule has 0 spiro atoms. The third kappa shape index (κ3) is 3.77. The third-order valence-corrected chi connectivity index (χ3v) is 3.70. The average Bonchev–Trinajstić information content (AvgIpc) is 2.74. The number of rotatable bonds is 4. The Hall–Kier alpha value is -2.63. The largest absolute Gasteiger partial charge is 0.449 e. The first-order valence-electron chi connectivity index (χ1n) is 7.38. The summed E-state index contributed by atoms with van der Waals surface area (Å²) < 4.78 is 6.91. The van der Waals surface area contributed by atoms with Gasteiger partial charge >= 0.3 is 5.97 Å². The van der Waals surface area contributed by atoms with Crippen LogP contribution < -0.4 is 5.32 Å². The number of nitrogens with zero attached hydrogens (tertiary/aromatic N) is 2. The van der Waals surface area contributed by atoms with E-state index in [2.05, 4.69) is 10.4 Å². The van der Waals surface area contributed by atoms with Gasteiger partial charge < -0.3 is 10.1 Å². The molecule has 1 N–H and O–H groups in total. The highest BCUT2D eigenvalue weighted by atomic mass is 16.5. The topological polar surface area (TPSA) is 73.2 Å². The zero-order valence-corrected chi connectivity index (χ0v) is 14.0. The molecular weight excluding hydrogens is 294 g/mol. The Bertz CT molecular complexity index is 732. The Labute approximate surface area is 135 Å². The van der Waals surface area contributed by atoms with Crippen LogP contribution in [0.25, 0.3) is 0 Å². The van der Waals surface area contributed by atoms with Crippen molar-refractivity contribution < 1.29 is 14.3 Å². The minimum Gasteiger partial charge on any atom is -0.449 e. The lowest BCUT2D eigenvalue weighted by molar-refractivity contribution is -0.123. The minimum absolute atomic E-state index is 0.385. The lowest BCUT2D eigenvalue weighted by Gasteiger charge is -2.14. The van der Waals surface area contributed by atoms with Gasteiger partial charge in [0, 0.05) is 7.05 Å². The molecule has 0 aliphatic carbocycles. The summed E-state index contributed by atoms with van der Waals surface area (Å²) in [5.41, 5.74) is 3.68. The molecule has 0 aliphatic rings. The van der Waals surface area contributed by atoms with E-state index in [-0.39, 0.29) is 5.91 Å². The van der Waals surface area contributed by atoms with E-state index in [0.717, 1.165) is 17.0 Å².